The summed E-state index contributed by atoms with van der Waals surface area (Å²) in [6.07, 6.45) is -0.610. The molecule has 3 heterocycles. The standard InChI is InChI=1S/C22H18N2O6S2/c1-3-28-22(27)24-15-4-5-16-14(8-18(25)30-17(16)9-15)10-29-21(26)19-12(2)23-20(32-19)13-6-7-31-11-13/h4-9,11H,3,10H2,1-2H3,(H,24,27). The maximum absolute atomic E-state index is 12.7. The number of esters is 1. The lowest BCUT2D eigenvalue weighted by Crippen LogP contribution is -2.13. The summed E-state index contributed by atoms with van der Waals surface area (Å²) in [5.74, 6) is -0.511. The van der Waals surface area contributed by atoms with Gasteiger partial charge in [0, 0.05) is 39.7 Å². The lowest BCUT2D eigenvalue weighted by Gasteiger charge is -2.09. The van der Waals surface area contributed by atoms with Crippen LogP contribution in [0.2, 0.25) is 0 Å². The molecule has 0 radical (unpaired) electrons. The van der Waals surface area contributed by atoms with E-state index in [4.69, 9.17) is 13.9 Å². The fourth-order valence-corrected chi connectivity index (χ4v) is 4.69. The number of aromatic nitrogens is 1. The van der Waals surface area contributed by atoms with Crippen molar-refractivity contribution >= 4 is 51.4 Å². The zero-order valence-electron chi connectivity index (χ0n) is 17.2. The van der Waals surface area contributed by atoms with Gasteiger partial charge in [-0.2, -0.15) is 11.3 Å². The van der Waals surface area contributed by atoms with E-state index in [1.54, 1.807) is 37.3 Å². The largest absolute Gasteiger partial charge is 0.457 e. The van der Waals surface area contributed by atoms with E-state index in [1.807, 2.05) is 16.8 Å². The molecule has 1 amide bonds. The number of carbonyl (C=O) groups excluding carboxylic acids is 2. The molecule has 0 saturated carbocycles. The monoisotopic (exact) mass is 470 g/mol. The second-order valence-electron chi connectivity index (χ2n) is 6.67. The van der Waals surface area contributed by atoms with Crippen LogP contribution in [0.5, 0.6) is 0 Å². The summed E-state index contributed by atoms with van der Waals surface area (Å²) in [6, 6.07) is 8.06. The number of thiophene rings is 1. The summed E-state index contributed by atoms with van der Waals surface area (Å²) in [5.41, 5.74) is 2.12. The molecule has 32 heavy (non-hydrogen) atoms. The quantitative estimate of drug-likeness (QED) is 0.304. The first kappa shape index (κ1) is 21.7. The Hall–Kier alpha value is -3.50. The van der Waals surface area contributed by atoms with Crippen LogP contribution in [0.25, 0.3) is 21.5 Å². The highest BCUT2D eigenvalue weighted by atomic mass is 32.1. The lowest BCUT2D eigenvalue weighted by molar-refractivity contribution is 0.0478. The van der Waals surface area contributed by atoms with Crippen molar-refractivity contribution in [2.45, 2.75) is 20.5 Å². The first-order valence-electron chi connectivity index (χ1n) is 9.62. The van der Waals surface area contributed by atoms with Gasteiger partial charge >= 0.3 is 17.7 Å². The summed E-state index contributed by atoms with van der Waals surface area (Å²) >= 11 is 2.82. The highest BCUT2D eigenvalue weighted by Crippen LogP contribution is 2.30. The van der Waals surface area contributed by atoms with E-state index < -0.39 is 17.7 Å². The Bertz CT molecular complexity index is 1340. The summed E-state index contributed by atoms with van der Waals surface area (Å²) in [5, 5.41) is 7.81. The van der Waals surface area contributed by atoms with E-state index in [-0.39, 0.29) is 18.8 Å². The van der Waals surface area contributed by atoms with E-state index >= 15 is 0 Å². The van der Waals surface area contributed by atoms with E-state index in [0.29, 0.717) is 27.2 Å². The Kier molecular flexibility index (Phi) is 6.33. The van der Waals surface area contributed by atoms with Gasteiger partial charge in [-0.3, -0.25) is 5.32 Å². The van der Waals surface area contributed by atoms with Gasteiger partial charge in [-0.05, 0) is 37.4 Å². The smallest absolute Gasteiger partial charge is 0.411 e. The van der Waals surface area contributed by atoms with Crippen molar-refractivity contribution in [3.05, 3.63) is 67.6 Å². The second-order valence-corrected chi connectivity index (χ2v) is 8.45. The molecule has 4 rings (SSSR count). The number of aryl methyl sites for hydroxylation is 1. The minimum Gasteiger partial charge on any atom is -0.457 e. The zero-order valence-corrected chi connectivity index (χ0v) is 18.8. The normalized spacial score (nSPS) is 10.8. The van der Waals surface area contributed by atoms with Crippen molar-refractivity contribution in [2.75, 3.05) is 11.9 Å². The third kappa shape index (κ3) is 4.71. The Morgan fingerprint density at radius 1 is 1.19 bits per heavy atom. The second kappa shape index (κ2) is 9.33. The number of rotatable bonds is 6. The number of amides is 1. The third-order valence-corrected chi connectivity index (χ3v) is 6.33. The molecule has 0 aliphatic heterocycles. The number of anilines is 1. The van der Waals surface area contributed by atoms with Crippen LogP contribution < -0.4 is 10.9 Å². The van der Waals surface area contributed by atoms with Gasteiger partial charge in [0.15, 0.2) is 0 Å². The maximum Gasteiger partial charge on any atom is 0.411 e. The van der Waals surface area contributed by atoms with Crippen LogP contribution >= 0.6 is 22.7 Å². The number of ether oxygens (including phenoxy) is 2. The van der Waals surface area contributed by atoms with Gasteiger partial charge < -0.3 is 13.9 Å². The number of hydrogen-bond donors (Lipinski definition) is 1. The maximum atomic E-state index is 12.7. The van der Waals surface area contributed by atoms with E-state index in [1.165, 1.54) is 23.5 Å². The molecule has 0 fully saturated rings. The molecule has 0 bridgehead atoms. The molecule has 3 aromatic heterocycles. The van der Waals surface area contributed by atoms with Gasteiger partial charge in [0.1, 0.15) is 22.1 Å². The minimum atomic E-state index is -0.610. The first-order valence-corrected chi connectivity index (χ1v) is 11.4. The average Bonchev–Trinajstić information content (AvgIpc) is 3.41. The predicted octanol–water partition coefficient (Wildman–Crippen LogP) is 5.21. The molecular formula is C22H18N2O6S2. The van der Waals surface area contributed by atoms with E-state index in [0.717, 1.165) is 10.6 Å². The van der Waals surface area contributed by atoms with Crippen molar-refractivity contribution in [1.29, 1.82) is 0 Å². The molecule has 8 nitrogen and oxygen atoms in total. The SMILES string of the molecule is CCOC(=O)Nc1ccc2c(COC(=O)c3sc(-c4ccsc4)nc3C)cc(=O)oc2c1. The molecule has 0 aliphatic carbocycles. The van der Waals surface area contributed by atoms with Crippen LogP contribution in [-0.2, 0) is 16.1 Å². The molecule has 4 aromatic rings. The van der Waals surface area contributed by atoms with Gasteiger partial charge in [-0.15, -0.1) is 11.3 Å². The summed E-state index contributed by atoms with van der Waals surface area (Å²) in [4.78, 5) is 41.2. The Morgan fingerprint density at radius 3 is 2.78 bits per heavy atom. The Balaban J connectivity index is 1.53. The number of nitrogens with one attached hydrogen (secondary N) is 1. The van der Waals surface area contributed by atoms with Gasteiger partial charge in [0.2, 0.25) is 0 Å². The number of carbonyl (C=O) groups is 2. The van der Waals surface area contributed by atoms with Gasteiger partial charge in [-0.1, -0.05) is 0 Å². The fraction of sp³-hybridized carbons (Fsp3) is 0.182. The minimum absolute atomic E-state index is 0.114. The molecule has 0 aliphatic rings. The lowest BCUT2D eigenvalue weighted by atomic mass is 10.1. The van der Waals surface area contributed by atoms with Crippen LogP contribution in [-0.4, -0.2) is 23.7 Å². The predicted molar refractivity (Wildman–Crippen MR) is 122 cm³/mol. The van der Waals surface area contributed by atoms with Gasteiger partial charge in [0.25, 0.3) is 0 Å². The molecule has 10 heteroatoms. The number of hydrogen-bond acceptors (Lipinski definition) is 9. The number of fused-ring (bicyclic) bond motifs is 1. The van der Waals surface area contributed by atoms with E-state index in [2.05, 4.69) is 10.3 Å². The summed E-state index contributed by atoms with van der Waals surface area (Å²) in [6.45, 7) is 3.57. The van der Waals surface area contributed by atoms with E-state index in [9.17, 15) is 14.4 Å². The van der Waals surface area contributed by atoms with Crippen LogP contribution in [0.4, 0.5) is 10.5 Å². The van der Waals surface area contributed by atoms with Crippen LogP contribution in [0.15, 0.2) is 50.3 Å². The van der Waals surface area contributed by atoms with Crippen molar-refractivity contribution in [2.24, 2.45) is 0 Å². The van der Waals surface area contributed by atoms with Crippen LogP contribution in [0.3, 0.4) is 0 Å². The van der Waals surface area contributed by atoms with Gasteiger partial charge in [-0.25, -0.2) is 19.4 Å². The molecule has 0 unspecified atom stereocenters. The Morgan fingerprint density at radius 2 is 2.03 bits per heavy atom. The topological polar surface area (TPSA) is 108 Å². The third-order valence-electron chi connectivity index (χ3n) is 4.46. The molecular weight excluding hydrogens is 452 g/mol. The van der Waals surface area contributed by atoms with Crippen molar-refractivity contribution in [3.63, 3.8) is 0 Å². The number of nitrogens with zero attached hydrogens (tertiary/aromatic N) is 1. The highest BCUT2D eigenvalue weighted by Gasteiger charge is 2.19. The number of thiazole rings is 1. The molecule has 0 spiro atoms. The highest BCUT2D eigenvalue weighted by molar-refractivity contribution is 7.17. The average molecular weight is 471 g/mol. The summed E-state index contributed by atoms with van der Waals surface area (Å²) < 4.78 is 15.6. The van der Waals surface area contributed by atoms with Crippen molar-refractivity contribution < 1.29 is 23.5 Å². The molecule has 1 N–H and O–H groups in total. The molecule has 1 aromatic carbocycles. The zero-order chi connectivity index (χ0) is 22.7. The molecule has 0 saturated heterocycles. The Labute approximate surface area is 190 Å². The molecule has 0 atom stereocenters. The van der Waals surface area contributed by atoms with Crippen LogP contribution in [0, 0.1) is 6.92 Å². The first-order chi connectivity index (χ1) is 15.4. The van der Waals surface area contributed by atoms with Crippen LogP contribution in [0.1, 0.15) is 27.9 Å². The van der Waals surface area contributed by atoms with Crippen molar-refractivity contribution in [3.8, 4) is 10.6 Å². The summed E-state index contributed by atoms with van der Waals surface area (Å²) in [7, 11) is 0. The molecule has 164 valence electrons. The fourth-order valence-electron chi connectivity index (χ4n) is 3.02. The number of benzene rings is 1. The van der Waals surface area contributed by atoms with Crippen molar-refractivity contribution in [1.82, 2.24) is 4.98 Å². The van der Waals surface area contributed by atoms with Gasteiger partial charge in [0.05, 0.1) is 12.3 Å².